The van der Waals surface area contributed by atoms with Gasteiger partial charge in [-0.15, -0.1) is 0 Å². The molecule has 0 aliphatic rings. The summed E-state index contributed by atoms with van der Waals surface area (Å²) in [6, 6.07) is 0.662. The summed E-state index contributed by atoms with van der Waals surface area (Å²) in [7, 11) is 2.19. The Morgan fingerprint density at radius 3 is 2.50 bits per heavy atom. The van der Waals surface area contributed by atoms with E-state index in [1.54, 1.807) is 0 Å². The Balaban J connectivity index is 3.04. The molecular weight excluding hydrogens is 200 g/mol. The number of nitrogens with zero attached hydrogens (tertiary/aromatic N) is 1. The topological polar surface area (TPSA) is 24.5 Å². The van der Waals surface area contributed by atoms with Crippen molar-refractivity contribution in [2.24, 2.45) is 0 Å². The van der Waals surface area contributed by atoms with Crippen LogP contribution in [0.5, 0.6) is 0 Å². The van der Waals surface area contributed by atoms with Crippen LogP contribution in [-0.4, -0.2) is 50.8 Å². The highest BCUT2D eigenvalue weighted by atomic mass is 16.5. The molecule has 3 nitrogen and oxygen atoms in total. The van der Waals surface area contributed by atoms with E-state index in [0.717, 1.165) is 32.7 Å². The molecule has 0 spiro atoms. The van der Waals surface area contributed by atoms with Crippen LogP contribution in [0.1, 0.15) is 40.0 Å². The van der Waals surface area contributed by atoms with Crippen LogP contribution in [0.3, 0.4) is 0 Å². The lowest BCUT2D eigenvalue weighted by Crippen LogP contribution is -2.28. The van der Waals surface area contributed by atoms with Gasteiger partial charge in [0.25, 0.3) is 0 Å². The zero-order valence-electron chi connectivity index (χ0n) is 11.6. The van der Waals surface area contributed by atoms with E-state index in [-0.39, 0.29) is 0 Å². The van der Waals surface area contributed by atoms with Crippen LogP contribution >= 0.6 is 0 Å². The minimum atomic E-state index is 0.662. The van der Waals surface area contributed by atoms with Crippen molar-refractivity contribution in [3.8, 4) is 0 Å². The fourth-order valence-corrected chi connectivity index (χ4v) is 1.39. The molecule has 0 rings (SSSR count). The Morgan fingerprint density at radius 1 is 1.12 bits per heavy atom. The summed E-state index contributed by atoms with van der Waals surface area (Å²) in [5, 5.41) is 3.40. The molecule has 0 saturated heterocycles. The minimum absolute atomic E-state index is 0.662. The molecule has 0 bridgehead atoms. The molecule has 0 radical (unpaired) electrons. The SMILES string of the molecule is CCCOCCNCCCCN(C)C(C)C. The van der Waals surface area contributed by atoms with E-state index in [1.165, 1.54) is 19.4 Å². The van der Waals surface area contributed by atoms with Gasteiger partial charge < -0.3 is 15.0 Å². The highest BCUT2D eigenvalue weighted by Gasteiger charge is 2.01. The van der Waals surface area contributed by atoms with Gasteiger partial charge in [0.2, 0.25) is 0 Å². The quantitative estimate of drug-likeness (QED) is 0.550. The molecule has 0 aliphatic carbocycles. The standard InChI is InChI=1S/C13H30N2O/c1-5-11-16-12-9-14-8-6-7-10-15(4)13(2)3/h13-14H,5-12H2,1-4H3. The maximum atomic E-state index is 5.39. The third kappa shape index (κ3) is 10.4. The van der Waals surface area contributed by atoms with Crippen LogP contribution in [0.2, 0.25) is 0 Å². The summed E-state index contributed by atoms with van der Waals surface area (Å²) in [6.45, 7) is 11.7. The molecule has 0 saturated carbocycles. The average Bonchev–Trinajstić information content (AvgIpc) is 2.26. The van der Waals surface area contributed by atoms with Crippen molar-refractivity contribution in [3.63, 3.8) is 0 Å². The van der Waals surface area contributed by atoms with Gasteiger partial charge in [0.15, 0.2) is 0 Å². The summed E-state index contributed by atoms with van der Waals surface area (Å²) in [5.41, 5.74) is 0. The zero-order chi connectivity index (χ0) is 12.2. The molecule has 0 amide bonds. The first-order chi connectivity index (χ1) is 7.68. The van der Waals surface area contributed by atoms with Crippen LogP contribution in [0, 0.1) is 0 Å². The fraction of sp³-hybridized carbons (Fsp3) is 1.00. The summed E-state index contributed by atoms with van der Waals surface area (Å²) < 4.78 is 5.39. The number of hydrogen-bond acceptors (Lipinski definition) is 3. The summed E-state index contributed by atoms with van der Waals surface area (Å²) in [4.78, 5) is 2.39. The Hall–Kier alpha value is -0.120. The first-order valence-corrected chi connectivity index (χ1v) is 6.67. The van der Waals surface area contributed by atoms with Crippen molar-refractivity contribution < 1.29 is 4.74 Å². The number of rotatable bonds is 11. The predicted molar refractivity (Wildman–Crippen MR) is 71.0 cm³/mol. The van der Waals surface area contributed by atoms with Crippen LogP contribution in [0.4, 0.5) is 0 Å². The van der Waals surface area contributed by atoms with Crippen molar-refractivity contribution >= 4 is 0 Å². The molecule has 1 N–H and O–H groups in total. The summed E-state index contributed by atoms with van der Waals surface area (Å²) in [5.74, 6) is 0. The summed E-state index contributed by atoms with van der Waals surface area (Å²) >= 11 is 0. The van der Waals surface area contributed by atoms with Gasteiger partial charge >= 0.3 is 0 Å². The van der Waals surface area contributed by atoms with Gasteiger partial charge in [-0.2, -0.15) is 0 Å². The highest BCUT2D eigenvalue weighted by molar-refractivity contribution is 4.57. The van der Waals surface area contributed by atoms with E-state index in [2.05, 4.69) is 38.0 Å². The van der Waals surface area contributed by atoms with Crippen LogP contribution in [0.25, 0.3) is 0 Å². The van der Waals surface area contributed by atoms with E-state index in [9.17, 15) is 0 Å². The van der Waals surface area contributed by atoms with Crippen molar-refractivity contribution in [2.45, 2.75) is 46.1 Å². The molecule has 0 aliphatic heterocycles. The van der Waals surface area contributed by atoms with E-state index in [0.29, 0.717) is 6.04 Å². The predicted octanol–water partition coefficient (Wildman–Crippen LogP) is 2.12. The van der Waals surface area contributed by atoms with E-state index < -0.39 is 0 Å². The third-order valence-electron chi connectivity index (χ3n) is 2.77. The molecule has 0 fully saturated rings. The smallest absolute Gasteiger partial charge is 0.0590 e. The second kappa shape index (κ2) is 11.4. The van der Waals surface area contributed by atoms with Crippen molar-refractivity contribution in [3.05, 3.63) is 0 Å². The minimum Gasteiger partial charge on any atom is -0.380 e. The Labute approximate surface area is 102 Å². The number of unbranched alkanes of at least 4 members (excludes halogenated alkanes) is 1. The Morgan fingerprint density at radius 2 is 1.88 bits per heavy atom. The molecule has 0 aromatic heterocycles. The second-order valence-corrected chi connectivity index (χ2v) is 4.64. The number of ether oxygens (including phenoxy) is 1. The first kappa shape index (κ1) is 15.9. The lowest BCUT2D eigenvalue weighted by Gasteiger charge is -2.20. The van der Waals surface area contributed by atoms with Gasteiger partial charge in [-0.25, -0.2) is 0 Å². The van der Waals surface area contributed by atoms with Crippen LogP contribution < -0.4 is 5.32 Å². The average molecular weight is 230 g/mol. The maximum absolute atomic E-state index is 5.39. The molecular formula is C13H30N2O. The largest absolute Gasteiger partial charge is 0.380 e. The Kier molecular flexibility index (Phi) is 11.3. The van der Waals surface area contributed by atoms with Gasteiger partial charge in [0.05, 0.1) is 6.61 Å². The van der Waals surface area contributed by atoms with Crippen molar-refractivity contribution in [1.29, 1.82) is 0 Å². The molecule has 0 atom stereocenters. The monoisotopic (exact) mass is 230 g/mol. The van der Waals surface area contributed by atoms with Gasteiger partial charge in [-0.05, 0) is 53.2 Å². The molecule has 0 heterocycles. The van der Waals surface area contributed by atoms with Gasteiger partial charge in [-0.1, -0.05) is 6.92 Å². The zero-order valence-corrected chi connectivity index (χ0v) is 11.6. The fourth-order valence-electron chi connectivity index (χ4n) is 1.39. The van der Waals surface area contributed by atoms with Crippen molar-refractivity contribution in [1.82, 2.24) is 10.2 Å². The molecule has 0 unspecified atom stereocenters. The maximum Gasteiger partial charge on any atom is 0.0590 e. The Bertz CT molecular complexity index is 140. The lowest BCUT2D eigenvalue weighted by atomic mass is 10.2. The van der Waals surface area contributed by atoms with Crippen molar-refractivity contribution in [2.75, 3.05) is 39.9 Å². The number of nitrogens with one attached hydrogen (secondary N) is 1. The van der Waals surface area contributed by atoms with Gasteiger partial charge in [0, 0.05) is 19.2 Å². The molecule has 98 valence electrons. The van der Waals surface area contributed by atoms with Crippen LogP contribution in [0.15, 0.2) is 0 Å². The first-order valence-electron chi connectivity index (χ1n) is 6.67. The van der Waals surface area contributed by atoms with Crippen LogP contribution in [-0.2, 0) is 4.74 Å². The second-order valence-electron chi connectivity index (χ2n) is 4.64. The normalized spacial score (nSPS) is 11.6. The number of hydrogen-bond donors (Lipinski definition) is 1. The van der Waals surface area contributed by atoms with E-state index in [4.69, 9.17) is 4.74 Å². The molecule has 0 aromatic carbocycles. The lowest BCUT2D eigenvalue weighted by molar-refractivity contribution is 0.136. The summed E-state index contributed by atoms with van der Waals surface area (Å²) in [6.07, 6.45) is 3.64. The van der Waals surface area contributed by atoms with E-state index in [1.807, 2.05) is 0 Å². The van der Waals surface area contributed by atoms with E-state index >= 15 is 0 Å². The third-order valence-corrected chi connectivity index (χ3v) is 2.77. The van der Waals surface area contributed by atoms with Gasteiger partial charge in [0.1, 0.15) is 0 Å². The molecule has 16 heavy (non-hydrogen) atoms. The molecule has 3 heteroatoms. The highest BCUT2D eigenvalue weighted by Crippen LogP contribution is 1.97. The van der Waals surface area contributed by atoms with Gasteiger partial charge in [-0.3, -0.25) is 0 Å². The molecule has 0 aromatic rings.